The Labute approximate surface area is 194 Å². The molecule has 2 amide bonds. The highest BCUT2D eigenvalue weighted by atomic mass is 16.2. The molecule has 1 saturated carbocycles. The summed E-state index contributed by atoms with van der Waals surface area (Å²) < 4.78 is 0. The van der Waals surface area contributed by atoms with E-state index in [9.17, 15) is 9.59 Å². The Morgan fingerprint density at radius 2 is 1.91 bits per heavy atom. The summed E-state index contributed by atoms with van der Waals surface area (Å²) >= 11 is 0. The van der Waals surface area contributed by atoms with E-state index in [1.807, 2.05) is 25.3 Å². The van der Waals surface area contributed by atoms with Gasteiger partial charge in [0.15, 0.2) is 0 Å². The first-order valence-electron chi connectivity index (χ1n) is 12.0. The molecule has 5 rings (SSSR count). The Bertz CT molecular complexity index is 977. The Kier molecular flexibility index (Phi) is 6.05. The minimum atomic E-state index is -0.286. The number of rotatable bonds is 4. The Hall–Kier alpha value is -2.94. The maximum Gasteiger partial charge on any atom is 0.257 e. The van der Waals surface area contributed by atoms with Gasteiger partial charge in [-0.05, 0) is 58.0 Å². The second-order valence-electron chi connectivity index (χ2n) is 9.70. The van der Waals surface area contributed by atoms with E-state index in [2.05, 4.69) is 37.8 Å². The van der Waals surface area contributed by atoms with E-state index < -0.39 is 0 Å². The van der Waals surface area contributed by atoms with Crippen molar-refractivity contribution >= 4 is 23.6 Å². The molecule has 0 radical (unpaired) electrons. The second kappa shape index (κ2) is 9.13. The summed E-state index contributed by atoms with van der Waals surface area (Å²) in [7, 11) is 4.17. The number of nitrogens with one attached hydrogen (secondary N) is 3. The van der Waals surface area contributed by atoms with Gasteiger partial charge in [0.2, 0.25) is 11.9 Å². The summed E-state index contributed by atoms with van der Waals surface area (Å²) in [6, 6.07) is -0.0560. The fourth-order valence-corrected chi connectivity index (χ4v) is 5.22. The number of amides is 2. The van der Waals surface area contributed by atoms with Crippen molar-refractivity contribution in [2.75, 3.05) is 37.4 Å². The molecular weight excluding hydrogens is 418 g/mol. The van der Waals surface area contributed by atoms with Crippen molar-refractivity contribution in [2.24, 2.45) is 5.92 Å². The highest BCUT2D eigenvalue weighted by molar-refractivity contribution is 6.00. The van der Waals surface area contributed by atoms with Crippen LogP contribution in [0.3, 0.4) is 0 Å². The third-order valence-electron chi connectivity index (χ3n) is 7.40. The lowest BCUT2D eigenvalue weighted by Crippen LogP contribution is -2.44. The van der Waals surface area contributed by atoms with E-state index in [4.69, 9.17) is 4.98 Å². The largest absolute Gasteiger partial charge is 0.361 e. The van der Waals surface area contributed by atoms with E-state index in [0.717, 1.165) is 57.3 Å². The average Bonchev–Trinajstić information content (AvgIpc) is 3.31. The molecule has 3 N–H and O–H groups in total. The first-order chi connectivity index (χ1) is 16.0. The van der Waals surface area contributed by atoms with Crippen LogP contribution in [0.15, 0.2) is 30.1 Å². The van der Waals surface area contributed by atoms with Crippen LogP contribution in [0.4, 0.5) is 11.8 Å². The number of anilines is 2. The molecule has 3 heterocycles. The van der Waals surface area contributed by atoms with Crippen LogP contribution >= 0.6 is 0 Å². The molecular formula is C24H33N7O2. The lowest BCUT2D eigenvalue weighted by atomic mass is 10.0. The number of allylic oxidation sites excluding steroid dienone is 1. The highest BCUT2D eigenvalue weighted by Gasteiger charge is 2.32. The molecule has 1 aromatic rings. The van der Waals surface area contributed by atoms with E-state index >= 15 is 0 Å². The van der Waals surface area contributed by atoms with Gasteiger partial charge in [-0.2, -0.15) is 4.98 Å². The molecule has 4 aliphatic rings. The van der Waals surface area contributed by atoms with Crippen molar-refractivity contribution in [3.05, 3.63) is 35.7 Å². The zero-order chi connectivity index (χ0) is 22.9. The number of nitrogens with zero attached hydrogens (tertiary/aromatic N) is 4. The second-order valence-corrected chi connectivity index (χ2v) is 9.70. The van der Waals surface area contributed by atoms with Crippen LogP contribution in [0.5, 0.6) is 0 Å². The zero-order valence-electron chi connectivity index (χ0n) is 19.4. The number of likely N-dealkylation sites (tertiary alicyclic amines) is 1. The van der Waals surface area contributed by atoms with Crippen LogP contribution in [-0.2, 0) is 4.79 Å². The predicted molar refractivity (Wildman–Crippen MR) is 127 cm³/mol. The molecule has 9 nitrogen and oxygen atoms in total. The molecule has 2 unspecified atom stereocenters. The third-order valence-corrected chi connectivity index (χ3v) is 7.40. The van der Waals surface area contributed by atoms with Crippen LogP contribution in [0.25, 0.3) is 0 Å². The fourth-order valence-electron chi connectivity index (χ4n) is 5.22. The molecule has 1 saturated heterocycles. The number of carbonyl (C=O) groups excluding carboxylic acids is 2. The van der Waals surface area contributed by atoms with Gasteiger partial charge < -0.3 is 25.8 Å². The standard InChI is InChI=1S/C24H33N7O2/c1-30-11-9-17(10-12-30)31(2)24-25-14-18-21(29-24)27-19-8-7-16(13-20(19)28-23(18)33)26-22(32)15-5-3-4-6-15/h7-8,13-15,17,19-20H,3-6,9-12H2,1-2H3,(H,26,32)(H,28,33)(H,25,27,29). The maximum absolute atomic E-state index is 12.9. The molecule has 2 aliphatic heterocycles. The Morgan fingerprint density at radius 1 is 1.15 bits per heavy atom. The van der Waals surface area contributed by atoms with Crippen LogP contribution in [0.1, 0.15) is 48.9 Å². The molecule has 0 spiro atoms. The first kappa shape index (κ1) is 21.9. The summed E-state index contributed by atoms with van der Waals surface area (Å²) in [6.07, 6.45) is 13.7. The number of piperidine rings is 1. The van der Waals surface area contributed by atoms with Crippen LogP contribution in [0, 0.1) is 5.92 Å². The van der Waals surface area contributed by atoms with Crippen molar-refractivity contribution in [3.63, 3.8) is 0 Å². The molecule has 2 aliphatic carbocycles. The van der Waals surface area contributed by atoms with E-state index in [1.54, 1.807) is 6.20 Å². The SMILES string of the molecule is CN1CCC(N(C)c2ncc3c(n2)NC2C=CC(NC(=O)C4CCCC4)=CC2NC3=O)CC1. The maximum atomic E-state index is 12.9. The topological polar surface area (TPSA) is 102 Å². The summed E-state index contributed by atoms with van der Waals surface area (Å²) in [4.78, 5) is 39.1. The van der Waals surface area contributed by atoms with Gasteiger partial charge in [0, 0.05) is 30.9 Å². The van der Waals surface area contributed by atoms with Gasteiger partial charge in [0.1, 0.15) is 11.4 Å². The van der Waals surface area contributed by atoms with Gasteiger partial charge in [-0.25, -0.2) is 4.98 Å². The molecule has 2 fully saturated rings. The number of aromatic nitrogens is 2. The molecule has 0 aromatic carbocycles. The van der Waals surface area contributed by atoms with E-state index in [1.165, 1.54) is 0 Å². The minimum absolute atomic E-state index is 0.0745. The molecule has 0 bridgehead atoms. The highest BCUT2D eigenvalue weighted by Crippen LogP contribution is 2.27. The zero-order valence-corrected chi connectivity index (χ0v) is 19.4. The van der Waals surface area contributed by atoms with Gasteiger partial charge in [-0.3, -0.25) is 9.59 Å². The average molecular weight is 452 g/mol. The molecule has 9 heteroatoms. The Balaban J connectivity index is 1.30. The van der Waals surface area contributed by atoms with Crippen LogP contribution in [-0.4, -0.2) is 72.0 Å². The fraction of sp³-hybridized carbons (Fsp3) is 0.583. The van der Waals surface area contributed by atoms with Gasteiger partial charge in [-0.1, -0.05) is 18.9 Å². The third kappa shape index (κ3) is 4.59. The molecule has 2 atom stereocenters. The normalized spacial score (nSPS) is 25.9. The van der Waals surface area contributed by atoms with Gasteiger partial charge >= 0.3 is 0 Å². The van der Waals surface area contributed by atoms with Gasteiger partial charge in [0.25, 0.3) is 5.91 Å². The minimum Gasteiger partial charge on any atom is -0.361 e. The monoisotopic (exact) mass is 451 g/mol. The quantitative estimate of drug-likeness (QED) is 0.640. The number of fused-ring (bicyclic) bond motifs is 2. The molecule has 33 heavy (non-hydrogen) atoms. The molecule has 176 valence electrons. The van der Waals surface area contributed by atoms with E-state index in [-0.39, 0.29) is 29.8 Å². The molecule has 1 aromatic heterocycles. The lowest BCUT2D eigenvalue weighted by molar-refractivity contribution is -0.124. The number of hydrogen-bond acceptors (Lipinski definition) is 7. The smallest absolute Gasteiger partial charge is 0.257 e. The van der Waals surface area contributed by atoms with Crippen LogP contribution in [0.2, 0.25) is 0 Å². The van der Waals surface area contributed by atoms with Gasteiger partial charge in [0.05, 0.1) is 12.1 Å². The van der Waals surface area contributed by atoms with Crippen molar-refractivity contribution in [3.8, 4) is 0 Å². The summed E-state index contributed by atoms with van der Waals surface area (Å²) in [6.45, 7) is 2.11. The van der Waals surface area contributed by atoms with Crippen LogP contribution < -0.4 is 20.9 Å². The van der Waals surface area contributed by atoms with Gasteiger partial charge in [-0.15, -0.1) is 0 Å². The summed E-state index contributed by atoms with van der Waals surface area (Å²) in [5.74, 6) is 1.12. The summed E-state index contributed by atoms with van der Waals surface area (Å²) in [5.41, 5.74) is 1.17. The van der Waals surface area contributed by atoms with Crippen molar-refractivity contribution < 1.29 is 9.59 Å². The van der Waals surface area contributed by atoms with Crippen molar-refractivity contribution in [1.29, 1.82) is 0 Å². The van der Waals surface area contributed by atoms with E-state index in [0.29, 0.717) is 23.4 Å². The van der Waals surface area contributed by atoms with Crippen molar-refractivity contribution in [2.45, 2.75) is 56.7 Å². The first-order valence-corrected chi connectivity index (χ1v) is 12.0. The number of hydrogen-bond donors (Lipinski definition) is 3. The number of carbonyl (C=O) groups is 2. The Morgan fingerprint density at radius 3 is 2.67 bits per heavy atom. The lowest BCUT2D eigenvalue weighted by Gasteiger charge is -2.35. The summed E-state index contributed by atoms with van der Waals surface area (Å²) in [5, 5.41) is 9.49. The predicted octanol–water partition coefficient (Wildman–Crippen LogP) is 1.66. The van der Waals surface area contributed by atoms with Crippen molar-refractivity contribution in [1.82, 2.24) is 25.5 Å².